The Kier molecular flexibility index (Phi) is 4.32. The molecule has 0 amide bonds. The van der Waals surface area contributed by atoms with Crippen molar-refractivity contribution in [1.82, 2.24) is 10.2 Å². The van der Waals surface area contributed by atoms with E-state index in [2.05, 4.69) is 36.3 Å². The summed E-state index contributed by atoms with van der Waals surface area (Å²) in [6.45, 7) is 5.41. The minimum absolute atomic E-state index is 0.0508. The average molecular weight is 264 g/mol. The zero-order valence-electron chi connectivity index (χ0n) is 12.3. The van der Waals surface area contributed by atoms with Gasteiger partial charge in [0.25, 0.3) is 0 Å². The largest absolute Gasteiger partial charge is 0.493 e. The predicted molar refractivity (Wildman–Crippen MR) is 77.0 cm³/mol. The number of ether oxygens (including phenoxy) is 2. The molecule has 1 heterocycles. The summed E-state index contributed by atoms with van der Waals surface area (Å²) in [5, 5.41) is 3.66. The molecule has 1 aromatic carbocycles. The molecule has 4 nitrogen and oxygen atoms in total. The van der Waals surface area contributed by atoms with Crippen molar-refractivity contribution in [2.45, 2.75) is 18.9 Å². The van der Waals surface area contributed by atoms with E-state index >= 15 is 0 Å². The van der Waals surface area contributed by atoms with Gasteiger partial charge < -0.3 is 19.7 Å². The summed E-state index contributed by atoms with van der Waals surface area (Å²) < 4.78 is 10.7. The molecule has 1 unspecified atom stereocenters. The van der Waals surface area contributed by atoms with Gasteiger partial charge in [-0.2, -0.15) is 0 Å². The maximum atomic E-state index is 5.40. The molecule has 1 aliphatic rings. The van der Waals surface area contributed by atoms with Crippen LogP contribution in [0.4, 0.5) is 0 Å². The standard InChI is InChI=1S/C15H24N2O2/c1-15(11-17(2)9-5-8-16-15)12-6-7-13(18-3)14(10-12)19-4/h6-7,10,16H,5,8-9,11H2,1-4H3. The van der Waals surface area contributed by atoms with E-state index in [0.717, 1.165) is 31.1 Å². The lowest BCUT2D eigenvalue weighted by Crippen LogP contribution is -2.45. The van der Waals surface area contributed by atoms with E-state index in [-0.39, 0.29) is 5.54 Å². The monoisotopic (exact) mass is 264 g/mol. The Hall–Kier alpha value is -1.26. The summed E-state index contributed by atoms with van der Waals surface area (Å²) in [5.41, 5.74) is 1.18. The Labute approximate surface area is 115 Å². The highest BCUT2D eigenvalue weighted by Crippen LogP contribution is 2.33. The second-order valence-corrected chi connectivity index (χ2v) is 5.42. The summed E-state index contributed by atoms with van der Waals surface area (Å²) in [6, 6.07) is 6.17. The first-order valence-corrected chi connectivity index (χ1v) is 6.75. The minimum Gasteiger partial charge on any atom is -0.493 e. The van der Waals surface area contributed by atoms with Gasteiger partial charge in [0.15, 0.2) is 11.5 Å². The number of hydrogen-bond acceptors (Lipinski definition) is 4. The number of benzene rings is 1. The first kappa shape index (κ1) is 14.2. The molecule has 0 aliphatic carbocycles. The van der Waals surface area contributed by atoms with E-state index in [1.807, 2.05) is 6.07 Å². The molecule has 106 valence electrons. The molecule has 1 saturated heterocycles. The maximum Gasteiger partial charge on any atom is 0.161 e. The predicted octanol–water partition coefficient (Wildman–Crippen LogP) is 1.84. The number of nitrogens with zero attached hydrogens (tertiary/aromatic N) is 1. The van der Waals surface area contributed by atoms with Gasteiger partial charge in [0.05, 0.1) is 19.8 Å². The topological polar surface area (TPSA) is 33.7 Å². The van der Waals surface area contributed by atoms with Crippen LogP contribution in [0.1, 0.15) is 18.9 Å². The van der Waals surface area contributed by atoms with Crippen LogP contribution >= 0.6 is 0 Å². The van der Waals surface area contributed by atoms with Crippen LogP contribution in [-0.2, 0) is 5.54 Å². The van der Waals surface area contributed by atoms with E-state index in [4.69, 9.17) is 9.47 Å². The van der Waals surface area contributed by atoms with Crippen molar-refractivity contribution in [2.75, 3.05) is 40.9 Å². The second kappa shape index (κ2) is 5.80. The van der Waals surface area contributed by atoms with E-state index in [1.165, 1.54) is 12.0 Å². The zero-order valence-corrected chi connectivity index (χ0v) is 12.3. The van der Waals surface area contributed by atoms with Crippen LogP contribution in [0.5, 0.6) is 11.5 Å². The van der Waals surface area contributed by atoms with Crippen molar-refractivity contribution >= 4 is 0 Å². The van der Waals surface area contributed by atoms with Gasteiger partial charge in [0, 0.05) is 6.54 Å². The number of methoxy groups -OCH3 is 2. The van der Waals surface area contributed by atoms with E-state index in [1.54, 1.807) is 14.2 Å². The number of likely N-dealkylation sites (N-methyl/N-ethyl adjacent to an activating group) is 1. The summed E-state index contributed by atoms with van der Waals surface area (Å²) in [5.74, 6) is 1.56. The van der Waals surface area contributed by atoms with E-state index in [0.29, 0.717) is 0 Å². The summed E-state index contributed by atoms with van der Waals surface area (Å²) >= 11 is 0. The molecule has 1 N–H and O–H groups in total. The molecule has 0 spiro atoms. The van der Waals surface area contributed by atoms with Crippen molar-refractivity contribution in [3.05, 3.63) is 23.8 Å². The second-order valence-electron chi connectivity index (χ2n) is 5.42. The van der Waals surface area contributed by atoms with Crippen molar-refractivity contribution in [3.8, 4) is 11.5 Å². The molecule has 0 saturated carbocycles. The van der Waals surface area contributed by atoms with Gasteiger partial charge in [-0.1, -0.05) is 6.07 Å². The first-order valence-electron chi connectivity index (χ1n) is 6.75. The Balaban J connectivity index is 2.33. The Morgan fingerprint density at radius 3 is 2.63 bits per heavy atom. The molecule has 19 heavy (non-hydrogen) atoms. The molecule has 0 radical (unpaired) electrons. The highest BCUT2D eigenvalue weighted by Gasteiger charge is 2.30. The van der Waals surface area contributed by atoms with Crippen molar-refractivity contribution in [2.24, 2.45) is 0 Å². The molecule has 0 aromatic heterocycles. The molecule has 1 aliphatic heterocycles. The highest BCUT2D eigenvalue weighted by molar-refractivity contribution is 5.45. The fraction of sp³-hybridized carbons (Fsp3) is 0.600. The van der Waals surface area contributed by atoms with Crippen molar-refractivity contribution in [3.63, 3.8) is 0 Å². The summed E-state index contributed by atoms with van der Waals surface area (Å²) in [7, 11) is 5.51. The SMILES string of the molecule is COc1ccc(C2(C)CN(C)CCCN2)cc1OC. The third kappa shape index (κ3) is 3.01. The molecule has 1 atom stereocenters. The van der Waals surface area contributed by atoms with Crippen LogP contribution in [0.3, 0.4) is 0 Å². The quantitative estimate of drug-likeness (QED) is 0.903. The number of rotatable bonds is 3. The normalized spacial score (nSPS) is 24.8. The van der Waals surface area contributed by atoms with Gasteiger partial charge in [-0.15, -0.1) is 0 Å². The van der Waals surface area contributed by atoms with Gasteiger partial charge in [0.2, 0.25) is 0 Å². The van der Waals surface area contributed by atoms with E-state index < -0.39 is 0 Å². The zero-order chi connectivity index (χ0) is 13.9. The van der Waals surface area contributed by atoms with E-state index in [9.17, 15) is 0 Å². The van der Waals surface area contributed by atoms with Gasteiger partial charge in [0.1, 0.15) is 0 Å². The molecule has 1 aromatic rings. The van der Waals surface area contributed by atoms with Crippen LogP contribution in [0, 0.1) is 0 Å². The van der Waals surface area contributed by atoms with Crippen molar-refractivity contribution in [1.29, 1.82) is 0 Å². The summed E-state index contributed by atoms with van der Waals surface area (Å²) in [6.07, 6.45) is 1.18. The van der Waals surface area contributed by atoms with Gasteiger partial charge in [-0.3, -0.25) is 0 Å². The lowest BCUT2D eigenvalue weighted by atomic mass is 9.91. The average Bonchev–Trinajstić information content (AvgIpc) is 2.59. The third-order valence-corrected chi connectivity index (χ3v) is 3.84. The van der Waals surface area contributed by atoms with Crippen LogP contribution in [0.15, 0.2) is 18.2 Å². The maximum absolute atomic E-state index is 5.40. The molecule has 1 fully saturated rings. The summed E-state index contributed by atoms with van der Waals surface area (Å²) in [4.78, 5) is 2.37. The number of hydrogen-bond donors (Lipinski definition) is 1. The van der Waals surface area contributed by atoms with Gasteiger partial charge in [-0.25, -0.2) is 0 Å². The van der Waals surface area contributed by atoms with Crippen LogP contribution < -0.4 is 14.8 Å². The minimum atomic E-state index is -0.0508. The molecule has 0 bridgehead atoms. The van der Waals surface area contributed by atoms with Gasteiger partial charge in [-0.05, 0) is 51.2 Å². The Bertz CT molecular complexity index is 436. The smallest absolute Gasteiger partial charge is 0.161 e. The first-order chi connectivity index (χ1) is 9.09. The number of nitrogens with one attached hydrogen (secondary N) is 1. The molecular weight excluding hydrogens is 240 g/mol. The molecule has 2 rings (SSSR count). The Morgan fingerprint density at radius 1 is 1.21 bits per heavy atom. The fourth-order valence-corrected chi connectivity index (χ4v) is 2.76. The lowest BCUT2D eigenvalue weighted by molar-refractivity contribution is 0.258. The third-order valence-electron chi connectivity index (χ3n) is 3.84. The Morgan fingerprint density at radius 2 is 1.95 bits per heavy atom. The molecular formula is C15H24N2O2. The van der Waals surface area contributed by atoms with Crippen LogP contribution in [0.2, 0.25) is 0 Å². The lowest BCUT2D eigenvalue weighted by Gasteiger charge is -2.33. The fourth-order valence-electron chi connectivity index (χ4n) is 2.76. The van der Waals surface area contributed by atoms with Gasteiger partial charge >= 0.3 is 0 Å². The van der Waals surface area contributed by atoms with Crippen LogP contribution in [0.25, 0.3) is 0 Å². The highest BCUT2D eigenvalue weighted by atomic mass is 16.5. The van der Waals surface area contributed by atoms with Crippen molar-refractivity contribution < 1.29 is 9.47 Å². The molecule has 4 heteroatoms. The van der Waals surface area contributed by atoms with Crippen LogP contribution in [-0.4, -0.2) is 45.8 Å².